The molecule has 5 rings (SSSR count). The van der Waals surface area contributed by atoms with E-state index in [-0.39, 0.29) is 44.4 Å². The highest BCUT2D eigenvalue weighted by atomic mass is 35.5. The number of rotatable bonds is 10. The van der Waals surface area contributed by atoms with Gasteiger partial charge in [0.05, 0.1) is 44.8 Å². The van der Waals surface area contributed by atoms with Crippen molar-refractivity contribution in [1.29, 1.82) is 0 Å². The molecule has 2 N–H and O–H groups in total. The van der Waals surface area contributed by atoms with E-state index in [0.29, 0.717) is 16.1 Å². The lowest BCUT2D eigenvalue weighted by molar-refractivity contribution is 0.103. The van der Waals surface area contributed by atoms with E-state index in [1.54, 1.807) is 30.3 Å². The summed E-state index contributed by atoms with van der Waals surface area (Å²) in [5.74, 6) is -5.05. The van der Waals surface area contributed by atoms with E-state index in [0.717, 1.165) is 18.3 Å². The predicted molar refractivity (Wildman–Crippen MR) is 166 cm³/mol. The molecule has 0 atom stereocenters. The molecule has 0 saturated heterocycles. The van der Waals surface area contributed by atoms with Gasteiger partial charge >= 0.3 is 0 Å². The van der Waals surface area contributed by atoms with Crippen LogP contribution >= 0.6 is 34.8 Å². The first kappa shape index (κ1) is 31.6. The third-order valence-electron chi connectivity index (χ3n) is 6.68. The molecule has 0 fully saturated rings. The van der Waals surface area contributed by atoms with Gasteiger partial charge in [-0.15, -0.1) is 0 Å². The molecule has 0 amide bonds. The number of nitrogens with zero attached hydrogens (tertiary/aromatic N) is 1. The first-order valence-corrected chi connectivity index (χ1v) is 15.5. The van der Waals surface area contributed by atoms with Gasteiger partial charge in [-0.2, -0.15) is 0 Å². The van der Waals surface area contributed by atoms with E-state index in [2.05, 4.69) is 9.97 Å². The highest BCUT2D eigenvalue weighted by Crippen LogP contribution is 2.38. The molecule has 14 heteroatoms. The van der Waals surface area contributed by atoms with Gasteiger partial charge in [0.15, 0.2) is 11.6 Å². The molecular formula is C30H20Cl3F2N3O5S. The summed E-state index contributed by atoms with van der Waals surface area (Å²) in [5.41, 5.74) is -0.913. The maximum atomic E-state index is 15.5. The van der Waals surface area contributed by atoms with Crippen LogP contribution in [0.5, 0.6) is 0 Å². The molecule has 0 spiro atoms. The van der Waals surface area contributed by atoms with Gasteiger partial charge in [-0.1, -0.05) is 53.0 Å². The molecule has 8 nitrogen and oxygen atoms in total. The molecule has 5 aromatic rings. The number of aromatic nitrogens is 2. The van der Waals surface area contributed by atoms with Crippen LogP contribution in [0.2, 0.25) is 15.1 Å². The van der Waals surface area contributed by atoms with Crippen molar-refractivity contribution in [2.75, 3.05) is 24.2 Å². The number of fused-ring (bicyclic) bond motifs is 1. The van der Waals surface area contributed by atoms with Gasteiger partial charge in [0.2, 0.25) is 15.8 Å². The van der Waals surface area contributed by atoms with Crippen LogP contribution in [-0.4, -0.2) is 49.4 Å². The summed E-state index contributed by atoms with van der Waals surface area (Å²) < 4.78 is 61.9. The number of hydrogen-bond donors (Lipinski definition) is 2. The van der Waals surface area contributed by atoms with E-state index in [1.165, 1.54) is 25.4 Å². The standard InChI is InChI=1S/C30H20Cl3F2N3O5S/c1-43-12-13-44(41,42)38-22-9-8-21(34)25(27(22)35)29(40)19-14-37-30-23(19)18(10-11-36-30)28(39)24-20(32)7-6-17(26(24)33)15-2-4-16(31)5-3-15/h2-11,14,38H,12-13H2,1H3,(H,36,37). The van der Waals surface area contributed by atoms with Crippen LogP contribution in [0.15, 0.2) is 67.0 Å². The Balaban J connectivity index is 1.61. The molecule has 0 unspecified atom stereocenters. The fraction of sp³-hybridized carbons (Fsp3) is 0.100. The summed E-state index contributed by atoms with van der Waals surface area (Å²) in [7, 11) is -2.80. The first-order valence-electron chi connectivity index (χ1n) is 12.7. The van der Waals surface area contributed by atoms with Gasteiger partial charge in [-0.05, 0) is 42.0 Å². The smallest absolute Gasteiger partial charge is 0.235 e. The lowest BCUT2D eigenvalue weighted by Crippen LogP contribution is -2.21. The average molecular weight is 679 g/mol. The number of carbonyl (C=O) groups is 2. The van der Waals surface area contributed by atoms with Crippen molar-refractivity contribution in [2.24, 2.45) is 0 Å². The molecular weight excluding hydrogens is 659 g/mol. The number of pyridine rings is 1. The SMILES string of the molecule is COCCS(=O)(=O)Nc1ccc(F)c(C(=O)c2c[nH]c3nccc(C(=O)c4c(Cl)ccc(-c5ccc(Cl)cc5)c4Cl)c23)c1F. The summed E-state index contributed by atoms with van der Waals surface area (Å²) in [6, 6.07) is 12.8. The Morgan fingerprint density at radius 1 is 0.932 bits per heavy atom. The van der Waals surface area contributed by atoms with Crippen LogP contribution in [0.25, 0.3) is 22.2 Å². The highest BCUT2D eigenvalue weighted by molar-refractivity contribution is 7.92. The molecule has 2 heterocycles. The molecule has 0 saturated carbocycles. The summed E-state index contributed by atoms with van der Waals surface area (Å²) in [4.78, 5) is 34.5. The minimum absolute atomic E-state index is 0.0247. The number of nitrogens with one attached hydrogen (secondary N) is 2. The summed E-state index contributed by atoms with van der Waals surface area (Å²) >= 11 is 19.2. The topological polar surface area (TPSA) is 118 Å². The second-order valence-corrected chi connectivity index (χ2v) is 12.5. The number of halogens is 5. The van der Waals surface area contributed by atoms with Crippen LogP contribution in [0.4, 0.5) is 14.5 Å². The van der Waals surface area contributed by atoms with Crippen LogP contribution in [0.3, 0.4) is 0 Å². The van der Waals surface area contributed by atoms with Crippen molar-refractivity contribution >= 4 is 73.1 Å². The Morgan fingerprint density at radius 2 is 1.64 bits per heavy atom. The maximum Gasteiger partial charge on any atom is 0.235 e. The van der Waals surface area contributed by atoms with Gasteiger partial charge in [0.1, 0.15) is 11.5 Å². The van der Waals surface area contributed by atoms with Crippen LogP contribution in [0.1, 0.15) is 31.8 Å². The zero-order valence-electron chi connectivity index (χ0n) is 22.6. The number of carbonyl (C=O) groups excluding carboxylic acids is 2. The van der Waals surface area contributed by atoms with Gasteiger partial charge in [0, 0.05) is 41.0 Å². The van der Waals surface area contributed by atoms with E-state index >= 15 is 4.39 Å². The van der Waals surface area contributed by atoms with E-state index in [4.69, 9.17) is 39.5 Å². The molecule has 0 aliphatic carbocycles. The summed E-state index contributed by atoms with van der Waals surface area (Å²) in [6.45, 7) is -0.181. The van der Waals surface area contributed by atoms with Crippen molar-refractivity contribution in [1.82, 2.24) is 9.97 Å². The van der Waals surface area contributed by atoms with Gasteiger partial charge in [-0.3, -0.25) is 14.3 Å². The normalized spacial score (nSPS) is 11.6. The second-order valence-electron chi connectivity index (χ2n) is 9.43. The number of ether oxygens (including phenoxy) is 1. The monoisotopic (exact) mass is 677 g/mol. The molecule has 226 valence electrons. The fourth-order valence-corrected chi connectivity index (χ4v) is 6.32. The van der Waals surface area contributed by atoms with E-state index < -0.39 is 50.2 Å². The molecule has 2 aromatic heterocycles. The number of aromatic amines is 1. The molecule has 0 bridgehead atoms. The maximum absolute atomic E-state index is 15.5. The Kier molecular flexibility index (Phi) is 9.05. The van der Waals surface area contributed by atoms with Gasteiger partial charge in [-0.25, -0.2) is 22.2 Å². The molecule has 0 aliphatic heterocycles. The zero-order chi connectivity index (χ0) is 31.8. The Labute approximate surface area is 265 Å². The number of anilines is 1. The van der Waals surface area contributed by atoms with E-state index in [1.807, 2.05) is 4.72 Å². The molecule has 44 heavy (non-hydrogen) atoms. The Bertz CT molecular complexity index is 2050. The van der Waals surface area contributed by atoms with Gasteiger partial charge in [0.25, 0.3) is 0 Å². The van der Waals surface area contributed by atoms with Crippen molar-refractivity contribution < 1.29 is 31.5 Å². The van der Waals surface area contributed by atoms with Gasteiger partial charge < -0.3 is 9.72 Å². The summed E-state index contributed by atoms with van der Waals surface area (Å²) in [5, 5.41) is 0.512. The number of methoxy groups -OCH3 is 1. The van der Waals surface area contributed by atoms with Crippen molar-refractivity contribution in [2.45, 2.75) is 0 Å². The number of benzene rings is 3. The first-order chi connectivity index (χ1) is 20.9. The molecule has 0 radical (unpaired) electrons. The third kappa shape index (κ3) is 6.06. The third-order valence-corrected chi connectivity index (χ3v) is 8.87. The molecule has 0 aliphatic rings. The predicted octanol–water partition coefficient (Wildman–Crippen LogP) is 7.32. The second kappa shape index (κ2) is 12.6. The van der Waals surface area contributed by atoms with Crippen LogP contribution in [0, 0.1) is 11.6 Å². The van der Waals surface area contributed by atoms with Crippen molar-refractivity contribution in [3.8, 4) is 11.1 Å². The van der Waals surface area contributed by atoms with Crippen LogP contribution < -0.4 is 4.72 Å². The Hall–Kier alpha value is -3.87. The number of ketones is 2. The van der Waals surface area contributed by atoms with Crippen molar-refractivity contribution in [3.05, 3.63) is 116 Å². The number of sulfonamides is 1. The quantitative estimate of drug-likeness (QED) is 0.150. The zero-order valence-corrected chi connectivity index (χ0v) is 25.6. The number of H-pyrrole nitrogens is 1. The average Bonchev–Trinajstić information content (AvgIpc) is 3.43. The summed E-state index contributed by atoms with van der Waals surface area (Å²) in [6.07, 6.45) is 2.46. The lowest BCUT2D eigenvalue weighted by atomic mass is 9.94. The minimum Gasteiger partial charge on any atom is -0.384 e. The number of hydrogen-bond acceptors (Lipinski definition) is 6. The van der Waals surface area contributed by atoms with E-state index in [9.17, 15) is 22.4 Å². The lowest BCUT2D eigenvalue weighted by Gasteiger charge is -2.13. The minimum atomic E-state index is -4.09. The Morgan fingerprint density at radius 3 is 2.34 bits per heavy atom. The van der Waals surface area contributed by atoms with Crippen molar-refractivity contribution in [3.63, 3.8) is 0 Å². The largest absolute Gasteiger partial charge is 0.384 e. The fourth-order valence-electron chi connectivity index (χ4n) is 4.56. The highest BCUT2D eigenvalue weighted by Gasteiger charge is 2.29. The molecule has 3 aromatic carbocycles. The van der Waals surface area contributed by atoms with Crippen LogP contribution in [-0.2, 0) is 14.8 Å².